The number of anilines is 3. The zero-order valence-electron chi connectivity index (χ0n) is 35.5. The number of aliphatic hydroxyl groups is 5. The lowest BCUT2D eigenvalue weighted by Crippen LogP contribution is -2.56. The standard InChI is InChI=1S/C39H54BrN9O14S3/c1-21(5-6-31(53)44-17-28(51)33(55)34(56)29(52)18-50)36(57)48-26(16-43-32(54)7-11-64)37(58)49-27(38(59)60)19-66-65-12-10-63-39(61)62-9-8-41-30-14-24-25(15-42-30)45-20-46-35(24)47-23-4-2-3-22(40)13-23/h2-4,13-15,20-21,26-29,33-34,50-52,55-56,64H,5-12,16-19H2,1H3,(H,41,42)(H,43,54)(H,44,53)(H,48,57)(H,49,58)(H,59,60)(H,45,46,47)/t21-,26-,27-,28-,29+,33+,34+/m0/s1. The van der Waals surface area contributed by atoms with Crippen molar-refractivity contribution in [1.29, 1.82) is 0 Å². The van der Waals surface area contributed by atoms with Gasteiger partial charge in [-0.2, -0.15) is 12.6 Å². The molecule has 0 fully saturated rings. The Kier molecular flexibility index (Phi) is 25.1. The first-order valence-corrected chi connectivity index (χ1v) is 24.2. The number of thiol groups is 1. The quantitative estimate of drug-likeness (QED) is 0.0180. The molecule has 7 atom stereocenters. The number of aliphatic carboxylic acids is 1. The zero-order chi connectivity index (χ0) is 48.6. The molecule has 66 heavy (non-hydrogen) atoms. The van der Waals surface area contributed by atoms with E-state index in [1.807, 2.05) is 24.3 Å². The number of carboxylic acid groups (broad SMARTS) is 1. The number of fused-ring (bicyclic) bond motifs is 1. The third-order valence-electron chi connectivity index (χ3n) is 9.12. The molecule has 0 aliphatic rings. The lowest BCUT2D eigenvalue weighted by Gasteiger charge is -2.25. The summed E-state index contributed by atoms with van der Waals surface area (Å²) in [5, 5.41) is 74.5. The van der Waals surface area contributed by atoms with Crippen LogP contribution in [0.4, 0.5) is 22.1 Å². The summed E-state index contributed by atoms with van der Waals surface area (Å²) in [6.45, 7) is -0.238. The van der Waals surface area contributed by atoms with Gasteiger partial charge < -0.3 is 72.0 Å². The molecule has 23 nitrogen and oxygen atoms in total. The molecule has 0 saturated heterocycles. The molecule has 364 valence electrons. The summed E-state index contributed by atoms with van der Waals surface area (Å²) in [6, 6.07) is 6.51. The first-order valence-electron chi connectivity index (χ1n) is 20.2. The van der Waals surface area contributed by atoms with E-state index in [9.17, 15) is 54.3 Å². The highest BCUT2D eigenvalue weighted by Gasteiger charge is 2.31. The Hall–Kier alpha value is -4.74. The van der Waals surface area contributed by atoms with Gasteiger partial charge >= 0.3 is 12.1 Å². The van der Waals surface area contributed by atoms with Gasteiger partial charge in [-0.25, -0.2) is 24.5 Å². The fraction of sp³-hybridized carbons (Fsp3) is 0.513. The summed E-state index contributed by atoms with van der Waals surface area (Å²) in [4.78, 5) is 88.0. The van der Waals surface area contributed by atoms with Gasteiger partial charge in [-0.15, -0.1) is 0 Å². The normalized spacial score (nSPS) is 14.3. The van der Waals surface area contributed by atoms with Gasteiger partial charge in [0.2, 0.25) is 23.6 Å². The van der Waals surface area contributed by atoms with E-state index in [1.54, 1.807) is 12.3 Å². The van der Waals surface area contributed by atoms with Crippen LogP contribution in [0.2, 0.25) is 0 Å². The van der Waals surface area contributed by atoms with Crippen molar-refractivity contribution in [2.75, 3.05) is 67.3 Å². The van der Waals surface area contributed by atoms with Crippen molar-refractivity contribution in [2.45, 2.75) is 62.7 Å². The predicted octanol–water partition coefficient (Wildman–Crippen LogP) is -0.0639. The molecule has 27 heteroatoms. The molecule has 3 aromatic rings. The highest BCUT2D eigenvalue weighted by atomic mass is 79.9. The Labute approximate surface area is 400 Å². The Morgan fingerprint density at radius 1 is 0.848 bits per heavy atom. The molecule has 0 radical (unpaired) electrons. The molecule has 12 N–H and O–H groups in total. The summed E-state index contributed by atoms with van der Waals surface area (Å²) in [5.74, 6) is -3.62. The number of pyridine rings is 1. The first kappa shape index (κ1) is 55.6. The largest absolute Gasteiger partial charge is 0.508 e. The zero-order valence-corrected chi connectivity index (χ0v) is 39.6. The molecule has 2 aromatic heterocycles. The fourth-order valence-corrected chi connectivity index (χ4v) is 7.98. The number of aliphatic hydroxyl groups excluding tert-OH is 5. The average Bonchev–Trinajstić information content (AvgIpc) is 3.29. The Morgan fingerprint density at radius 2 is 1.55 bits per heavy atom. The molecule has 3 rings (SSSR count). The minimum Gasteiger partial charge on any atom is -0.480 e. The van der Waals surface area contributed by atoms with Crippen LogP contribution in [-0.2, 0) is 33.4 Å². The van der Waals surface area contributed by atoms with E-state index in [0.717, 1.165) is 31.7 Å². The van der Waals surface area contributed by atoms with Crippen LogP contribution in [0.25, 0.3) is 10.9 Å². The predicted molar refractivity (Wildman–Crippen MR) is 251 cm³/mol. The van der Waals surface area contributed by atoms with Gasteiger partial charge in [-0.1, -0.05) is 50.5 Å². The summed E-state index contributed by atoms with van der Waals surface area (Å²) in [7, 11) is 2.23. The maximum atomic E-state index is 13.3. The SMILES string of the molecule is C[C@@H](CCC(=O)NC[C@H](O)[C@@H](O)[C@H](O)[C@H](O)CO)C(=O)N[C@@H](CNC(=O)CCS)C(=O)N[C@@H](CSSCCOC(=O)OCCNc1cc2c(Nc3cccc(Br)c3)ncnc2cn1)C(=O)O. The lowest BCUT2D eigenvalue weighted by molar-refractivity contribution is -0.141. The van der Waals surface area contributed by atoms with Gasteiger partial charge in [0.1, 0.15) is 61.6 Å². The number of amides is 4. The molecule has 4 amide bonds. The van der Waals surface area contributed by atoms with Crippen LogP contribution in [-0.4, -0.2) is 175 Å². The van der Waals surface area contributed by atoms with Gasteiger partial charge in [0.05, 0.1) is 31.0 Å². The third-order valence-corrected chi connectivity index (χ3v) is 12.2. The summed E-state index contributed by atoms with van der Waals surface area (Å²) in [5.41, 5.74) is 1.44. The molecule has 0 bridgehead atoms. The Balaban J connectivity index is 1.39. The monoisotopic (exact) mass is 1050 g/mol. The number of carbonyl (C=O) groups excluding carboxylic acids is 5. The minimum atomic E-state index is -1.88. The Morgan fingerprint density at radius 3 is 2.26 bits per heavy atom. The number of ether oxygens (including phenoxy) is 2. The van der Waals surface area contributed by atoms with E-state index >= 15 is 0 Å². The van der Waals surface area contributed by atoms with E-state index in [-0.39, 0.29) is 56.3 Å². The number of carbonyl (C=O) groups is 6. The van der Waals surface area contributed by atoms with Crippen molar-refractivity contribution in [2.24, 2.45) is 5.92 Å². The molecule has 1 aromatic carbocycles. The van der Waals surface area contributed by atoms with E-state index < -0.39 is 97.9 Å². The molecule has 0 unspecified atom stereocenters. The summed E-state index contributed by atoms with van der Waals surface area (Å²) in [6.07, 6.45) is -5.38. The minimum absolute atomic E-state index is 0.00210. The van der Waals surface area contributed by atoms with Gasteiger partial charge in [0, 0.05) is 58.9 Å². The second-order valence-corrected chi connectivity index (χ2v) is 18.2. The van der Waals surface area contributed by atoms with E-state index in [4.69, 9.17) is 14.6 Å². The second kappa shape index (κ2) is 29.8. The molecule has 0 aliphatic carbocycles. The Bertz CT molecular complexity index is 2070. The molecule has 0 saturated carbocycles. The van der Waals surface area contributed by atoms with Crippen LogP contribution in [0, 0.1) is 5.92 Å². The number of aromatic nitrogens is 3. The van der Waals surface area contributed by atoms with Crippen LogP contribution < -0.4 is 31.9 Å². The number of nitrogens with zero attached hydrogens (tertiary/aromatic N) is 3. The van der Waals surface area contributed by atoms with Crippen LogP contribution in [0.15, 0.2) is 47.3 Å². The van der Waals surface area contributed by atoms with Crippen molar-refractivity contribution < 1.29 is 68.9 Å². The van der Waals surface area contributed by atoms with E-state index in [1.165, 1.54) is 13.3 Å². The molecule has 0 aliphatic heterocycles. The van der Waals surface area contributed by atoms with Gasteiger partial charge in [-0.05, 0) is 36.4 Å². The van der Waals surface area contributed by atoms with Gasteiger partial charge in [0.15, 0.2) is 0 Å². The molecular weight excluding hydrogens is 995 g/mol. The van der Waals surface area contributed by atoms with Crippen LogP contribution in [0.1, 0.15) is 26.2 Å². The highest BCUT2D eigenvalue weighted by Crippen LogP contribution is 2.26. The average molecular weight is 1050 g/mol. The second-order valence-electron chi connectivity index (χ2n) is 14.2. The van der Waals surface area contributed by atoms with Crippen LogP contribution >= 0.6 is 50.1 Å². The van der Waals surface area contributed by atoms with Crippen molar-refractivity contribution >= 4 is 114 Å². The van der Waals surface area contributed by atoms with Crippen molar-refractivity contribution in [3.8, 4) is 0 Å². The number of hydrogen-bond donors (Lipinski definition) is 13. The summed E-state index contributed by atoms with van der Waals surface area (Å²) >= 11 is 7.45. The van der Waals surface area contributed by atoms with Crippen molar-refractivity contribution in [3.05, 3.63) is 47.3 Å². The van der Waals surface area contributed by atoms with Crippen LogP contribution in [0.3, 0.4) is 0 Å². The molecular formula is C39H54BrN9O14S3. The number of benzene rings is 1. The van der Waals surface area contributed by atoms with Crippen LogP contribution in [0.5, 0.6) is 0 Å². The smallest absolute Gasteiger partial charge is 0.480 e. The lowest BCUT2D eigenvalue weighted by atomic mass is 10.0. The van der Waals surface area contributed by atoms with Gasteiger partial charge in [0.25, 0.3) is 0 Å². The van der Waals surface area contributed by atoms with E-state index in [2.05, 4.69) is 75.4 Å². The highest BCUT2D eigenvalue weighted by molar-refractivity contribution is 9.10. The fourth-order valence-electron chi connectivity index (χ4n) is 5.39. The molecule has 0 spiro atoms. The topological polar surface area (TPSA) is 353 Å². The van der Waals surface area contributed by atoms with E-state index in [0.29, 0.717) is 22.5 Å². The van der Waals surface area contributed by atoms with Gasteiger partial charge in [-0.3, -0.25) is 19.2 Å². The number of hydrogen-bond acceptors (Lipinski definition) is 21. The van der Waals surface area contributed by atoms with Crippen molar-refractivity contribution in [1.82, 2.24) is 36.2 Å². The summed E-state index contributed by atoms with van der Waals surface area (Å²) < 4.78 is 11.1. The first-order chi connectivity index (χ1) is 31.5. The maximum Gasteiger partial charge on any atom is 0.508 e. The van der Waals surface area contributed by atoms with Crippen molar-refractivity contribution in [3.63, 3.8) is 0 Å². The number of carboxylic acids is 1. The third kappa shape index (κ3) is 20.0. The number of nitrogens with one attached hydrogen (secondary N) is 6. The number of halogens is 1. The maximum absolute atomic E-state index is 13.3. The molecule has 2 heterocycles. The number of rotatable bonds is 30.